The van der Waals surface area contributed by atoms with E-state index in [9.17, 15) is 0 Å². The summed E-state index contributed by atoms with van der Waals surface area (Å²) in [6.07, 6.45) is 0. The monoisotopic (exact) mass is 186 g/mol. The van der Waals surface area contributed by atoms with Gasteiger partial charge in [0.1, 0.15) is 0 Å². The van der Waals surface area contributed by atoms with Crippen LogP contribution < -0.4 is 4.74 Å². The smallest absolute Gasteiger partial charge is 0.223 e. The Kier molecular flexibility index (Phi) is 2.87. The lowest BCUT2D eigenvalue weighted by molar-refractivity contribution is 0.331. The Labute approximate surface area is 76.7 Å². The van der Waals surface area contributed by atoms with Gasteiger partial charge in [-0.3, -0.25) is 0 Å². The summed E-state index contributed by atoms with van der Waals surface area (Å²) in [7, 11) is 0. The third kappa shape index (κ3) is 1.85. The number of ether oxygens (including phenoxy) is 1. The van der Waals surface area contributed by atoms with E-state index < -0.39 is 0 Å². The molecule has 66 valence electrons. The molecule has 0 spiro atoms. The molecular weight excluding hydrogens is 176 g/mol. The van der Waals surface area contributed by atoms with E-state index in [1.54, 1.807) is 0 Å². The highest BCUT2D eigenvalue weighted by molar-refractivity contribution is 6.28. The van der Waals surface area contributed by atoms with Gasteiger partial charge in [0, 0.05) is 0 Å². The zero-order valence-corrected chi connectivity index (χ0v) is 8.14. The van der Waals surface area contributed by atoms with Crippen LogP contribution in [0.15, 0.2) is 0 Å². The van der Waals surface area contributed by atoms with Crippen molar-refractivity contribution in [2.24, 2.45) is 0 Å². The summed E-state index contributed by atoms with van der Waals surface area (Å²) in [4.78, 5) is 7.96. The van der Waals surface area contributed by atoms with Crippen LogP contribution in [0.25, 0.3) is 0 Å². The number of aryl methyl sites for hydroxylation is 2. The van der Waals surface area contributed by atoms with Crippen molar-refractivity contribution < 1.29 is 4.74 Å². The van der Waals surface area contributed by atoms with Gasteiger partial charge in [0.15, 0.2) is 5.75 Å². The van der Waals surface area contributed by atoms with Crippen LogP contribution in [-0.2, 0) is 0 Å². The Balaban J connectivity index is 3.10. The molecule has 0 aliphatic rings. The molecule has 0 radical (unpaired) electrons. The molecule has 12 heavy (non-hydrogen) atoms. The van der Waals surface area contributed by atoms with Crippen molar-refractivity contribution in [3.63, 3.8) is 0 Å². The fraction of sp³-hybridized carbons (Fsp3) is 0.500. The summed E-state index contributed by atoms with van der Waals surface area (Å²) in [5, 5.41) is 0.272. The van der Waals surface area contributed by atoms with Gasteiger partial charge in [-0.05, 0) is 32.4 Å². The van der Waals surface area contributed by atoms with Crippen molar-refractivity contribution in [3.05, 3.63) is 16.7 Å². The number of rotatable bonds is 2. The number of hydrogen-bond acceptors (Lipinski definition) is 3. The number of aromatic nitrogens is 2. The van der Waals surface area contributed by atoms with E-state index in [1.807, 2.05) is 20.8 Å². The molecule has 0 fully saturated rings. The van der Waals surface area contributed by atoms with E-state index in [4.69, 9.17) is 16.3 Å². The molecule has 3 nitrogen and oxygen atoms in total. The van der Waals surface area contributed by atoms with Crippen molar-refractivity contribution >= 4 is 11.6 Å². The van der Waals surface area contributed by atoms with E-state index in [0.717, 1.165) is 17.1 Å². The van der Waals surface area contributed by atoms with Gasteiger partial charge in [-0.2, -0.15) is 0 Å². The van der Waals surface area contributed by atoms with Crippen LogP contribution in [0.5, 0.6) is 5.75 Å². The molecule has 0 N–H and O–H groups in total. The van der Waals surface area contributed by atoms with Crippen LogP contribution in [0.3, 0.4) is 0 Å². The van der Waals surface area contributed by atoms with Gasteiger partial charge >= 0.3 is 0 Å². The summed E-state index contributed by atoms with van der Waals surface area (Å²) >= 11 is 5.64. The number of nitrogens with zero attached hydrogens (tertiary/aromatic N) is 2. The van der Waals surface area contributed by atoms with Crippen molar-refractivity contribution in [2.75, 3.05) is 6.61 Å². The maximum absolute atomic E-state index is 5.64. The first kappa shape index (κ1) is 9.26. The molecule has 0 aromatic carbocycles. The number of hydrogen-bond donors (Lipinski definition) is 0. The second-order valence-corrected chi connectivity index (χ2v) is 2.76. The lowest BCUT2D eigenvalue weighted by Gasteiger charge is -2.08. The average Bonchev–Trinajstić information content (AvgIpc) is 1.96. The zero-order chi connectivity index (χ0) is 9.14. The molecule has 0 unspecified atom stereocenters. The van der Waals surface area contributed by atoms with Crippen molar-refractivity contribution in [1.29, 1.82) is 0 Å². The first-order valence-electron chi connectivity index (χ1n) is 3.78. The maximum atomic E-state index is 5.64. The summed E-state index contributed by atoms with van der Waals surface area (Å²) in [6.45, 7) is 6.25. The second kappa shape index (κ2) is 3.72. The summed E-state index contributed by atoms with van der Waals surface area (Å²) in [5.74, 6) is 0.738. The third-order valence-electron chi connectivity index (χ3n) is 1.47. The van der Waals surface area contributed by atoms with Crippen molar-refractivity contribution in [3.8, 4) is 5.75 Å². The van der Waals surface area contributed by atoms with Gasteiger partial charge in [-0.15, -0.1) is 0 Å². The normalized spacial score (nSPS) is 10.0. The first-order valence-corrected chi connectivity index (χ1v) is 4.16. The van der Waals surface area contributed by atoms with E-state index in [2.05, 4.69) is 9.97 Å². The largest absolute Gasteiger partial charge is 0.490 e. The van der Waals surface area contributed by atoms with E-state index in [-0.39, 0.29) is 5.28 Å². The summed E-state index contributed by atoms with van der Waals surface area (Å²) in [5.41, 5.74) is 1.57. The fourth-order valence-electron chi connectivity index (χ4n) is 1.02. The van der Waals surface area contributed by atoms with E-state index in [1.165, 1.54) is 0 Å². The Morgan fingerprint density at radius 3 is 2.17 bits per heavy atom. The minimum Gasteiger partial charge on any atom is -0.490 e. The van der Waals surface area contributed by atoms with Crippen LogP contribution in [0, 0.1) is 13.8 Å². The number of halogens is 1. The fourth-order valence-corrected chi connectivity index (χ4v) is 1.27. The van der Waals surface area contributed by atoms with Gasteiger partial charge in [0.25, 0.3) is 0 Å². The van der Waals surface area contributed by atoms with E-state index >= 15 is 0 Å². The van der Waals surface area contributed by atoms with Crippen LogP contribution in [0.4, 0.5) is 0 Å². The third-order valence-corrected chi connectivity index (χ3v) is 1.63. The molecule has 1 rings (SSSR count). The molecule has 1 heterocycles. The average molecular weight is 187 g/mol. The topological polar surface area (TPSA) is 35.0 Å². The van der Waals surface area contributed by atoms with Crippen LogP contribution in [-0.4, -0.2) is 16.6 Å². The lowest BCUT2D eigenvalue weighted by atomic mass is 10.3. The standard InChI is InChI=1S/C8H11ClN2O/c1-4-12-7-5(2)10-8(9)11-6(7)3/h4H2,1-3H3. The molecule has 0 saturated heterocycles. The van der Waals surface area contributed by atoms with Crippen LogP contribution in [0.2, 0.25) is 5.28 Å². The molecule has 0 amide bonds. The van der Waals surface area contributed by atoms with Gasteiger partial charge in [-0.25, -0.2) is 9.97 Å². The predicted molar refractivity (Wildman–Crippen MR) is 47.7 cm³/mol. The zero-order valence-electron chi connectivity index (χ0n) is 7.39. The first-order chi connectivity index (χ1) is 5.65. The lowest BCUT2D eigenvalue weighted by Crippen LogP contribution is -2.01. The van der Waals surface area contributed by atoms with Crippen LogP contribution >= 0.6 is 11.6 Å². The highest BCUT2D eigenvalue weighted by Gasteiger charge is 2.06. The van der Waals surface area contributed by atoms with Gasteiger partial charge < -0.3 is 4.74 Å². The highest BCUT2D eigenvalue weighted by Crippen LogP contribution is 2.20. The molecular formula is C8H11ClN2O. The Morgan fingerprint density at radius 1 is 1.25 bits per heavy atom. The van der Waals surface area contributed by atoms with Crippen molar-refractivity contribution in [2.45, 2.75) is 20.8 Å². The molecule has 0 aliphatic heterocycles. The minimum atomic E-state index is 0.272. The SMILES string of the molecule is CCOc1c(C)nc(Cl)nc1C. The Morgan fingerprint density at radius 2 is 1.75 bits per heavy atom. The molecule has 0 saturated carbocycles. The second-order valence-electron chi connectivity index (χ2n) is 2.43. The van der Waals surface area contributed by atoms with Crippen molar-refractivity contribution in [1.82, 2.24) is 9.97 Å². The highest BCUT2D eigenvalue weighted by atomic mass is 35.5. The quantitative estimate of drug-likeness (QED) is 0.664. The molecule has 1 aromatic rings. The molecule has 0 bridgehead atoms. The summed E-state index contributed by atoms with van der Waals surface area (Å²) < 4.78 is 5.34. The molecule has 1 aromatic heterocycles. The summed E-state index contributed by atoms with van der Waals surface area (Å²) in [6, 6.07) is 0. The van der Waals surface area contributed by atoms with Gasteiger partial charge in [0.05, 0.1) is 18.0 Å². The van der Waals surface area contributed by atoms with E-state index in [0.29, 0.717) is 6.61 Å². The van der Waals surface area contributed by atoms with Crippen LogP contribution in [0.1, 0.15) is 18.3 Å². The maximum Gasteiger partial charge on any atom is 0.223 e. The minimum absolute atomic E-state index is 0.272. The Hall–Kier alpha value is -0.830. The molecule has 4 heteroatoms. The molecule has 0 atom stereocenters. The predicted octanol–water partition coefficient (Wildman–Crippen LogP) is 2.15. The Bertz CT molecular complexity index is 265. The molecule has 0 aliphatic carbocycles. The van der Waals surface area contributed by atoms with Gasteiger partial charge in [0.2, 0.25) is 5.28 Å². The van der Waals surface area contributed by atoms with Gasteiger partial charge in [-0.1, -0.05) is 0 Å².